The molecule has 4 rings (SSSR count). The van der Waals surface area contributed by atoms with Gasteiger partial charge in [0.05, 0.1) is 5.69 Å². The van der Waals surface area contributed by atoms with Crippen molar-refractivity contribution in [1.82, 2.24) is 19.9 Å². The monoisotopic (exact) mass is 312 g/mol. The third-order valence-electron chi connectivity index (χ3n) is 3.64. The van der Waals surface area contributed by atoms with Crippen molar-refractivity contribution in [2.24, 2.45) is 0 Å². The number of H-pyrrole nitrogens is 1. The molecule has 116 valence electrons. The molecule has 1 aliphatic rings. The average molecular weight is 312 g/mol. The fourth-order valence-electron chi connectivity index (χ4n) is 2.49. The maximum Gasteiger partial charge on any atom is 0.273 e. The number of nitrogens with one attached hydrogen (secondary N) is 2. The van der Waals surface area contributed by atoms with Crippen LogP contribution in [0, 0.1) is 0 Å². The van der Waals surface area contributed by atoms with Crippen LogP contribution in [0.5, 0.6) is 11.5 Å². The van der Waals surface area contributed by atoms with E-state index in [2.05, 4.69) is 15.4 Å². The number of carbonyl (C=O) groups excluding carboxylic acids is 1. The fraction of sp³-hybridized carbons (Fsp3) is 0.133. The summed E-state index contributed by atoms with van der Waals surface area (Å²) in [5.74, 6) is 0.933. The van der Waals surface area contributed by atoms with E-state index >= 15 is 0 Å². The molecule has 2 N–H and O–H groups in total. The van der Waals surface area contributed by atoms with Crippen LogP contribution in [0.15, 0.2) is 35.3 Å². The second-order valence-electron chi connectivity index (χ2n) is 4.97. The number of rotatable bonds is 2. The van der Waals surface area contributed by atoms with Gasteiger partial charge in [0.1, 0.15) is 5.56 Å². The Morgan fingerprint density at radius 1 is 1.30 bits per heavy atom. The molecule has 1 amide bonds. The number of amides is 1. The van der Waals surface area contributed by atoms with Crippen LogP contribution in [0.1, 0.15) is 10.4 Å². The van der Waals surface area contributed by atoms with Crippen molar-refractivity contribution >= 4 is 11.6 Å². The maximum atomic E-state index is 12.2. The first kappa shape index (κ1) is 13.4. The molecule has 0 bridgehead atoms. The Hall–Kier alpha value is -3.29. The van der Waals surface area contributed by atoms with E-state index in [-0.39, 0.29) is 23.9 Å². The number of aromatic nitrogens is 3. The van der Waals surface area contributed by atoms with Gasteiger partial charge in [-0.3, -0.25) is 14.7 Å². The third kappa shape index (κ3) is 2.03. The van der Waals surface area contributed by atoms with Gasteiger partial charge in [-0.15, -0.1) is 0 Å². The lowest BCUT2D eigenvalue weighted by Gasteiger charge is -2.04. The van der Waals surface area contributed by atoms with Gasteiger partial charge in [-0.25, -0.2) is 9.50 Å². The minimum absolute atomic E-state index is 0.173. The van der Waals surface area contributed by atoms with Crippen LogP contribution in [0.3, 0.4) is 0 Å². The molecule has 8 heteroatoms. The summed E-state index contributed by atoms with van der Waals surface area (Å²) in [5.41, 5.74) is 1.42. The summed E-state index contributed by atoms with van der Waals surface area (Å²) in [4.78, 5) is 28.5. The lowest BCUT2D eigenvalue weighted by Crippen LogP contribution is -2.19. The molecule has 0 unspecified atom stereocenters. The minimum atomic E-state index is -0.321. The van der Waals surface area contributed by atoms with Gasteiger partial charge in [0, 0.05) is 24.9 Å². The first-order valence-electron chi connectivity index (χ1n) is 6.90. The van der Waals surface area contributed by atoms with E-state index in [1.807, 2.05) is 0 Å². The van der Waals surface area contributed by atoms with E-state index in [4.69, 9.17) is 9.47 Å². The van der Waals surface area contributed by atoms with Crippen LogP contribution in [-0.2, 0) is 0 Å². The van der Waals surface area contributed by atoms with Gasteiger partial charge in [0.2, 0.25) is 6.79 Å². The molecule has 0 aliphatic carbocycles. The summed E-state index contributed by atoms with van der Waals surface area (Å²) in [7, 11) is 1.52. The summed E-state index contributed by atoms with van der Waals surface area (Å²) in [5, 5.41) is 5.25. The molecule has 0 radical (unpaired) electrons. The fourth-order valence-corrected chi connectivity index (χ4v) is 2.49. The van der Waals surface area contributed by atoms with Gasteiger partial charge in [-0.2, -0.15) is 0 Å². The number of hydrogen-bond acceptors (Lipinski definition) is 5. The van der Waals surface area contributed by atoms with Crippen molar-refractivity contribution in [3.8, 4) is 22.8 Å². The van der Waals surface area contributed by atoms with E-state index in [9.17, 15) is 9.59 Å². The number of fused-ring (bicyclic) bond motifs is 2. The van der Waals surface area contributed by atoms with E-state index < -0.39 is 0 Å². The Balaban J connectivity index is 1.91. The molecule has 2 aromatic heterocycles. The molecule has 0 saturated heterocycles. The predicted octanol–water partition coefficient (Wildman–Crippen LogP) is 0.778. The van der Waals surface area contributed by atoms with Gasteiger partial charge in [0.15, 0.2) is 17.1 Å². The zero-order valence-corrected chi connectivity index (χ0v) is 12.1. The number of aromatic amines is 1. The van der Waals surface area contributed by atoms with Crippen LogP contribution in [0.25, 0.3) is 16.9 Å². The second kappa shape index (κ2) is 4.87. The van der Waals surface area contributed by atoms with Crippen molar-refractivity contribution in [2.45, 2.75) is 0 Å². The van der Waals surface area contributed by atoms with Gasteiger partial charge < -0.3 is 14.8 Å². The highest BCUT2D eigenvalue weighted by molar-refractivity contribution is 5.99. The third-order valence-corrected chi connectivity index (χ3v) is 3.64. The van der Waals surface area contributed by atoms with Crippen LogP contribution in [0.2, 0.25) is 0 Å². The first-order valence-corrected chi connectivity index (χ1v) is 6.90. The zero-order chi connectivity index (χ0) is 16.0. The largest absolute Gasteiger partial charge is 0.454 e. The van der Waals surface area contributed by atoms with E-state index in [0.29, 0.717) is 28.3 Å². The van der Waals surface area contributed by atoms with Gasteiger partial charge in [-0.05, 0) is 18.2 Å². The highest BCUT2D eigenvalue weighted by atomic mass is 16.7. The normalized spacial score (nSPS) is 12.6. The van der Waals surface area contributed by atoms with Crippen LogP contribution >= 0.6 is 0 Å². The summed E-state index contributed by atoms with van der Waals surface area (Å²) in [6.07, 6.45) is 1.45. The van der Waals surface area contributed by atoms with E-state index in [0.717, 1.165) is 0 Å². The number of nitrogens with zero attached hydrogens (tertiary/aromatic N) is 2. The van der Waals surface area contributed by atoms with Gasteiger partial charge in [0.25, 0.3) is 11.5 Å². The Labute approximate surface area is 129 Å². The van der Waals surface area contributed by atoms with Crippen molar-refractivity contribution in [2.75, 3.05) is 13.8 Å². The van der Waals surface area contributed by atoms with E-state index in [1.165, 1.54) is 23.8 Å². The SMILES string of the molecule is CNC(=O)c1c[nH]n2c(=O)cc(-c3ccc4c(c3)OCO4)nc12. The smallest absolute Gasteiger partial charge is 0.273 e. The standard InChI is InChI=1S/C15H12N4O4/c1-16-15(21)9-6-17-19-13(20)5-10(18-14(9)19)8-2-3-11-12(4-8)23-7-22-11/h2-6,17H,7H2,1H3,(H,16,21). The minimum Gasteiger partial charge on any atom is -0.454 e. The quantitative estimate of drug-likeness (QED) is 0.728. The highest BCUT2D eigenvalue weighted by Crippen LogP contribution is 2.35. The molecule has 0 atom stereocenters. The van der Waals surface area contributed by atoms with Crippen LogP contribution in [-0.4, -0.2) is 34.3 Å². The molecule has 8 nitrogen and oxygen atoms in total. The maximum absolute atomic E-state index is 12.2. The summed E-state index contributed by atoms with van der Waals surface area (Å²) in [6, 6.07) is 6.71. The number of benzene rings is 1. The van der Waals surface area contributed by atoms with Crippen molar-refractivity contribution in [3.05, 3.63) is 46.4 Å². The molecule has 0 spiro atoms. The predicted molar refractivity (Wildman–Crippen MR) is 80.8 cm³/mol. The van der Waals surface area contributed by atoms with E-state index in [1.54, 1.807) is 18.2 Å². The molecular weight excluding hydrogens is 300 g/mol. The lowest BCUT2D eigenvalue weighted by atomic mass is 10.1. The molecule has 1 aliphatic heterocycles. The van der Waals surface area contributed by atoms with Crippen LogP contribution < -0.4 is 20.3 Å². The molecule has 1 aromatic carbocycles. The Morgan fingerprint density at radius 3 is 2.96 bits per heavy atom. The Morgan fingerprint density at radius 2 is 2.13 bits per heavy atom. The topological polar surface area (TPSA) is 97.7 Å². The first-order chi connectivity index (χ1) is 11.2. The molecule has 23 heavy (non-hydrogen) atoms. The second-order valence-corrected chi connectivity index (χ2v) is 4.97. The molecule has 0 saturated carbocycles. The van der Waals surface area contributed by atoms with Gasteiger partial charge in [-0.1, -0.05) is 0 Å². The summed E-state index contributed by atoms with van der Waals surface area (Å²) >= 11 is 0. The molecule has 0 fully saturated rings. The lowest BCUT2D eigenvalue weighted by molar-refractivity contribution is 0.0964. The number of ether oxygens (including phenoxy) is 2. The number of hydrogen-bond donors (Lipinski definition) is 2. The Bertz CT molecular complexity index is 989. The van der Waals surface area contributed by atoms with Crippen molar-refractivity contribution in [1.29, 1.82) is 0 Å². The van der Waals surface area contributed by atoms with Crippen molar-refractivity contribution < 1.29 is 14.3 Å². The molecule has 3 heterocycles. The molecule has 3 aromatic rings. The van der Waals surface area contributed by atoms with Gasteiger partial charge >= 0.3 is 0 Å². The Kier molecular flexibility index (Phi) is 2.83. The summed E-state index contributed by atoms with van der Waals surface area (Å²) in [6.45, 7) is 0.173. The number of carbonyl (C=O) groups is 1. The highest BCUT2D eigenvalue weighted by Gasteiger charge is 2.17. The van der Waals surface area contributed by atoms with Crippen LogP contribution in [0.4, 0.5) is 0 Å². The van der Waals surface area contributed by atoms with Crippen molar-refractivity contribution in [3.63, 3.8) is 0 Å². The average Bonchev–Trinajstić information content (AvgIpc) is 3.20. The summed E-state index contributed by atoms with van der Waals surface area (Å²) < 4.78 is 11.8. The zero-order valence-electron chi connectivity index (χ0n) is 12.1. The molecular formula is C15H12N4O4.